The van der Waals surface area contributed by atoms with Gasteiger partial charge in [0.1, 0.15) is 0 Å². The second-order valence-electron chi connectivity index (χ2n) is 5.90. The van der Waals surface area contributed by atoms with Gasteiger partial charge in [-0.25, -0.2) is 0 Å². The zero-order valence-electron chi connectivity index (χ0n) is 11.2. The molecular formula is C15H22ClNO. The minimum Gasteiger partial charge on any atom is -0.392 e. The van der Waals surface area contributed by atoms with Gasteiger partial charge in [-0.15, -0.1) is 0 Å². The second-order valence-corrected chi connectivity index (χ2v) is 6.31. The van der Waals surface area contributed by atoms with Crippen molar-refractivity contribution >= 4 is 17.3 Å². The molecular weight excluding hydrogens is 246 g/mol. The van der Waals surface area contributed by atoms with Crippen LogP contribution in [0.5, 0.6) is 0 Å². The predicted octanol–water partition coefficient (Wildman–Crippen LogP) is 3.85. The molecule has 3 heteroatoms. The van der Waals surface area contributed by atoms with Crippen molar-refractivity contribution in [2.24, 2.45) is 5.41 Å². The summed E-state index contributed by atoms with van der Waals surface area (Å²) < 4.78 is 0. The summed E-state index contributed by atoms with van der Waals surface area (Å²) in [5.41, 5.74) is 2.38. The van der Waals surface area contributed by atoms with Crippen molar-refractivity contribution in [1.29, 1.82) is 0 Å². The third kappa shape index (κ3) is 2.99. The second kappa shape index (κ2) is 5.50. The van der Waals surface area contributed by atoms with E-state index in [0.717, 1.165) is 24.3 Å². The van der Waals surface area contributed by atoms with Crippen molar-refractivity contribution < 1.29 is 5.11 Å². The van der Waals surface area contributed by atoms with E-state index in [2.05, 4.69) is 24.8 Å². The van der Waals surface area contributed by atoms with Crippen molar-refractivity contribution in [3.8, 4) is 0 Å². The number of aliphatic hydroxyl groups is 1. The highest BCUT2D eigenvalue weighted by Gasteiger charge is 2.24. The van der Waals surface area contributed by atoms with Gasteiger partial charge in [-0.05, 0) is 36.8 Å². The van der Waals surface area contributed by atoms with Crippen LogP contribution in [0.3, 0.4) is 0 Å². The van der Waals surface area contributed by atoms with Gasteiger partial charge in [0.15, 0.2) is 0 Å². The fourth-order valence-electron chi connectivity index (χ4n) is 2.66. The summed E-state index contributed by atoms with van der Waals surface area (Å²) >= 11 is 6.16. The SMILES string of the molecule is CC1(C)CCCN(c2cccc(Cl)c2CO)CC1. The number of hydrogen-bond donors (Lipinski definition) is 1. The number of benzene rings is 1. The Bertz CT molecular complexity index is 417. The number of anilines is 1. The molecule has 100 valence electrons. The summed E-state index contributed by atoms with van der Waals surface area (Å²) in [6.45, 7) is 6.77. The van der Waals surface area contributed by atoms with Gasteiger partial charge in [-0.1, -0.05) is 31.5 Å². The zero-order valence-corrected chi connectivity index (χ0v) is 12.0. The van der Waals surface area contributed by atoms with Crippen molar-refractivity contribution in [3.63, 3.8) is 0 Å². The van der Waals surface area contributed by atoms with Gasteiger partial charge in [0.25, 0.3) is 0 Å². The first kappa shape index (κ1) is 13.7. The Morgan fingerprint density at radius 3 is 2.78 bits per heavy atom. The van der Waals surface area contributed by atoms with Crippen molar-refractivity contribution in [2.75, 3.05) is 18.0 Å². The van der Waals surface area contributed by atoms with Gasteiger partial charge in [0, 0.05) is 29.4 Å². The Morgan fingerprint density at radius 2 is 2.06 bits per heavy atom. The van der Waals surface area contributed by atoms with Crippen LogP contribution in [0.2, 0.25) is 5.02 Å². The van der Waals surface area contributed by atoms with Crippen LogP contribution >= 0.6 is 11.6 Å². The smallest absolute Gasteiger partial charge is 0.0716 e. The van der Waals surface area contributed by atoms with Gasteiger partial charge in [-0.3, -0.25) is 0 Å². The molecule has 1 aromatic carbocycles. The molecule has 1 N–H and O–H groups in total. The molecule has 1 aliphatic heterocycles. The maximum absolute atomic E-state index is 9.49. The van der Waals surface area contributed by atoms with E-state index >= 15 is 0 Å². The van der Waals surface area contributed by atoms with Crippen LogP contribution in [0.25, 0.3) is 0 Å². The van der Waals surface area contributed by atoms with Gasteiger partial charge < -0.3 is 10.0 Å². The lowest BCUT2D eigenvalue weighted by Gasteiger charge is -2.27. The number of hydrogen-bond acceptors (Lipinski definition) is 2. The van der Waals surface area contributed by atoms with Crippen molar-refractivity contribution in [1.82, 2.24) is 0 Å². The topological polar surface area (TPSA) is 23.5 Å². The molecule has 0 spiro atoms. The first-order chi connectivity index (χ1) is 8.53. The lowest BCUT2D eigenvalue weighted by molar-refractivity contribution is 0.282. The molecule has 18 heavy (non-hydrogen) atoms. The van der Waals surface area contributed by atoms with E-state index in [-0.39, 0.29) is 6.61 Å². The van der Waals surface area contributed by atoms with Gasteiger partial charge in [0.2, 0.25) is 0 Å². The normalized spacial score (nSPS) is 19.7. The molecule has 0 bridgehead atoms. The van der Waals surface area contributed by atoms with Crippen molar-refractivity contribution in [3.05, 3.63) is 28.8 Å². The lowest BCUT2D eigenvalue weighted by Crippen LogP contribution is -2.26. The van der Waals surface area contributed by atoms with E-state index in [4.69, 9.17) is 11.6 Å². The molecule has 1 saturated heterocycles. The average Bonchev–Trinajstić information content (AvgIpc) is 2.50. The van der Waals surface area contributed by atoms with E-state index in [1.807, 2.05) is 12.1 Å². The van der Waals surface area contributed by atoms with Crippen LogP contribution in [0.1, 0.15) is 38.7 Å². The van der Waals surface area contributed by atoms with E-state index in [0.29, 0.717) is 10.4 Å². The first-order valence-electron chi connectivity index (χ1n) is 6.67. The Morgan fingerprint density at radius 1 is 1.28 bits per heavy atom. The molecule has 1 aromatic rings. The van der Waals surface area contributed by atoms with Crippen LogP contribution in [-0.4, -0.2) is 18.2 Å². The zero-order chi connectivity index (χ0) is 13.2. The van der Waals surface area contributed by atoms with Crippen molar-refractivity contribution in [2.45, 2.75) is 39.7 Å². The molecule has 0 radical (unpaired) electrons. The number of aliphatic hydroxyl groups excluding tert-OH is 1. The molecule has 0 aromatic heterocycles. The highest BCUT2D eigenvalue weighted by Crippen LogP contribution is 2.34. The molecule has 0 atom stereocenters. The third-order valence-corrected chi connectivity index (χ3v) is 4.29. The van der Waals surface area contributed by atoms with E-state index in [1.54, 1.807) is 0 Å². The maximum Gasteiger partial charge on any atom is 0.0716 e. The van der Waals surface area contributed by atoms with E-state index in [9.17, 15) is 5.11 Å². The number of rotatable bonds is 2. The summed E-state index contributed by atoms with van der Waals surface area (Å²) in [5.74, 6) is 0. The number of nitrogens with zero attached hydrogens (tertiary/aromatic N) is 1. The molecule has 1 aliphatic rings. The van der Waals surface area contributed by atoms with E-state index in [1.165, 1.54) is 19.3 Å². The molecule has 1 fully saturated rings. The van der Waals surface area contributed by atoms with Crippen LogP contribution in [0, 0.1) is 5.41 Å². The highest BCUT2D eigenvalue weighted by atomic mass is 35.5. The van der Waals surface area contributed by atoms with Crippen LogP contribution in [-0.2, 0) is 6.61 Å². The van der Waals surface area contributed by atoms with Gasteiger partial charge >= 0.3 is 0 Å². The largest absolute Gasteiger partial charge is 0.392 e. The Balaban J connectivity index is 2.24. The van der Waals surface area contributed by atoms with Gasteiger partial charge in [0.05, 0.1) is 6.61 Å². The summed E-state index contributed by atoms with van der Waals surface area (Å²) in [6.07, 6.45) is 3.65. The van der Waals surface area contributed by atoms with E-state index < -0.39 is 0 Å². The molecule has 0 unspecified atom stereocenters. The molecule has 0 amide bonds. The average molecular weight is 268 g/mol. The Kier molecular flexibility index (Phi) is 4.18. The molecule has 0 saturated carbocycles. The summed E-state index contributed by atoms with van der Waals surface area (Å²) in [7, 11) is 0. The van der Waals surface area contributed by atoms with Crippen LogP contribution in [0.15, 0.2) is 18.2 Å². The van der Waals surface area contributed by atoms with Gasteiger partial charge in [-0.2, -0.15) is 0 Å². The highest BCUT2D eigenvalue weighted by molar-refractivity contribution is 6.31. The monoisotopic (exact) mass is 267 g/mol. The molecule has 1 heterocycles. The Labute approximate surface area is 115 Å². The minimum atomic E-state index is 0.00883. The maximum atomic E-state index is 9.49. The Hall–Kier alpha value is -0.730. The minimum absolute atomic E-state index is 0.00883. The quantitative estimate of drug-likeness (QED) is 0.880. The molecule has 2 rings (SSSR count). The first-order valence-corrected chi connectivity index (χ1v) is 7.04. The van der Waals surface area contributed by atoms with Crippen LogP contribution < -0.4 is 4.90 Å². The summed E-state index contributed by atoms with van der Waals surface area (Å²) in [5, 5.41) is 10.2. The number of halogens is 1. The fraction of sp³-hybridized carbons (Fsp3) is 0.600. The molecule has 0 aliphatic carbocycles. The summed E-state index contributed by atoms with van der Waals surface area (Å²) in [4.78, 5) is 2.37. The fourth-order valence-corrected chi connectivity index (χ4v) is 2.89. The van der Waals surface area contributed by atoms with Crippen LogP contribution in [0.4, 0.5) is 5.69 Å². The molecule has 2 nitrogen and oxygen atoms in total. The lowest BCUT2D eigenvalue weighted by atomic mass is 9.85. The standard InChI is InChI=1S/C15H22ClNO/c1-15(2)7-4-9-17(10-8-15)14-6-3-5-13(16)12(14)11-18/h3,5-6,18H,4,7-11H2,1-2H3. The third-order valence-electron chi connectivity index (χ3n) is 3.93. The summed E-state index contributed by atoms with van der Waals surface area (Å²) in [6, 6.07) is 5.88. The predicted molar refractivity (Wildman–Crippen MR) is 77.2 cm³/mol.